The van der Waals surface area contributed by atoms with Crippen molar-refractivity contribution in [2.45, 2.75) is 26.8 Å². The first-order valence-electron chi connectivity index (χ1n) is 5.01. The van der Waals surface area contributed by atoms with E-state index in [9.17, 15) is 0 Å². The second-order valence-corrected chi connectivity index (χ2v) is 4.47. The molecule has 0 atom stereocenters. The van der Waals surface area contributed by atoms with Crippen LogP contribution in [0.2, 0.25) is 0 Å². The van der Waals surface area contributed by atoms with Crippen LogP contribution in [-0.4, -0.2) is 9.33 Å². The molecule has 1 aliphatic heterocycles. The molecule has 1 aliphatic rings. The van der Waals surface area contributed by atoms with Crippen LogP contribution >= 0.6 is 22.9 Å². The molecule has 2 rings (SSSR count). The molecule has 14 heavy (non-hydrogen) atoms. The van der Waals surface area contributed by atoms with Gasteiger partial charge in [-0.05, 0) is 37.6 Å². The number of aromatic nitrogens is 1. The maximum atomic E-state index is 3.42. The van der Waals surface area contributed by atoms with Gasteiger partial charge in [0.2, 0.25) is 0 Å². The van der Waals surface area contributed by atoms with Gasteiger partial charge in [0.15, 0.2) is 0 Å². The summed E-state index contributed by atoms with van der Waals surface area (Å²) in [5.41, 5.74) is 2.98. The first-order chi connectivity index (χ1) is 6.79. The molecule has 0 saturated carbocycles. The van der Waals surface area contributed by atoms with Crippen molar-refractivity contribution in [1.82, 2.24) is 8.10 Å². The van der Waals surface area contributed by atoms with Gasteiger partial charge in [-0.3, -0.25) is 2.78 Å². The molecule has 1 aromatic heterocycles. The van der Waals surface area contributed by atoms with Crippen molar-refractivity contribution in [3.63, 3.8) is 0 Å². The molecule has 0 bridgehead atoms. The largest absolute Gasteiger partial charge is 0.311 e. The number of hydrogen-bond donors (Lipinski definition) is 1. The zero-order valence-corrected chi connectivity index (χ0v) is 10.8. The minimum atomic E-state index is 1.01. The molecule has 1 N–H and O–H groups in total. The summed E-state index contributed by atoms with van der Waals surface area (Å²) in [5, 5.41) is 6.20. The van der Waals surface area contributed by atoms with E-state index in [1.165, 1.54) is 21.8 Å². The molecular formula is C11H15IN2. The third kappa shape index (κ3) is 1.42. The van der Waals surface area contributed by atoms with Crippen molar-refractivity contribution in [2.24, 2.45) is 0 Å². The fourth-order valence-corrected chi connectivity index (χ4v) is 3.15. The monoisotopic (exact) mass is 302 g/mol. The number of nitrogens with one attached hydrogen (secondary N) is 1. The Morgan fingerprint density at radius 2 is 2.14 bits per heavy atom. The van der Waals surface area contributed by atoms with Crippen molar-refractivity contribution in [2.75, 3.05) is 6.54 Å². The average molecular weight is 302 g/mol. The number of nitrogens with zero attached hydrogens (tertiary/aromatic N) is 1. The first kappa shape index (κ1) is 10.2. The van der Waals surface area contributed by atoms with E-state index < -0.39 is 0 Å². The highest BCUT2D eigenvalue weighted by molar-refractivity contribution is 14.1. The number of halogens is 1. The molecule has 0 radical (unpaired) electrons. The summed E-state index contributed by atoms with van der Waals surface area (Å²) >= 11 is 2.39. The Balaban J connectivity index is 2.83. The van der Waals surface area contributed by atoms with Crippen LogP contribution in [0.4, 0.5) is 0 Å². The van der Waals surface area contributed by atoms with Crippen molar-refractivity contribution in [3.8, 4) is 0 Å². The highest BCUT2D eigenvalue weighted by Gasteiger charge is 2.15. The molecule has 0 fully saturated rings. The van der Waals surface area contributed by atoms with E-state index in [4.69, 9.17) is 0 Å². The van der Waals surface area contributed by atoms with E-state index in [1.54, 1.807) is 0 Å². The normalized spacial score (nSPS) is 18.8. The van der Waals surface area contributed by atoms with Crippen LogP contribution in [0, 0.1) is 0 Å². The summed E-state index contributed by atoms with van der Waals surface area (Å²) in [6.45, 7) is 6.35. The Labute approximate surface area is 98.2 Å². The average Bonchev–Trinajstić information content (AvgIpc) is 2.51. The summed E-state index contributed by atoms with van der Waals surface area (Å²) in [5.74, 6) is 0. The zero-order valence-electron chi connectivity index (χ0n) is 8.60. The quantitative estimate of drug-likeness (QED) is 0.706. The fraction of sp³-hybridized carbons (Fsp3) is 0.455. The second kappa shape index (κ2) is 4.06. The molecule has 1 aromatic rings. The van der Waals surface area contributed by atoms with E-state index >= 15 is 0 Å². The molecule has 3 heteroatoms. The van der Waals surface area contributed by atoms with Crippen LogP contribution in [0.1, 0.15) is 25.1 Å². The van der Waals surface area contributed by atoms with Gasteiger partial charge < -0.3 is 5.32 Å². The first-order valence-corrected chi connectivity index (χ1v) is 5.98. The van der Waals surface area contributed by atoms with Gasteiger partial charge in [0, 0.05) is 12.2 Å². The maximum Gasteiger partial charge on any atom is 0.0643 e. The highest BCUT2D eigenvalue weighted by Crippen LogP contribution is 2.10. The van der Waals surface area contributed by atoms with E-state index in [0.717, 1.165) is 19.5 Å². The van der Waals surface area contributed by atoms with Gasteiger partial charge in [0.1, 0.15) is 0 Å². The summed E-state index contributed by atoms with van der Waals surface area (Å²) in [7, 11) is 0. The predicted octanol–water partition coefficient (Wildman–Crippen LogP) is 0.933. The van der Waals surface area contributed by atoms with Gasteiger partial charge in [-0.2, -0.15) is 0 Å². The van der Waals surface area contributed by atoms with Crippen LogP contribution in [0.25, 0.3) is 12.2 Å². The van der Waals surface area contributed by atoms with Gasteiger partial charge in [-0.15, -0.1) is 0 Å². The van der Waals surface area contributed by atoms with E-state index in [1.807, 2.05) is 0 Å². The standard InChI is InChI=1S/C11H15IN2/c1-3-8-9-5-6-13-7-11(9)14(12)10(8)4-2/h3-4,13H,5-7H2,1-2H3/b8-3-,10-4+. The molecule has 0 spiro atoms. The Morgan fingerprint density at radius 1 is 1.36 bits per heavy atom. The van der Waals surface area contributed by atoms with Gasteiger partial charge >= 0.3 is 0 Å². The minimum Gasteiger partial charge on any atom is -0.311 e. The summed E-state index contributed by atoms with van der Waals surface area (Å²) in [6, 6.07) is 0. The van der Waals surface area contributed by atoms with Crippen LogP contribution in [0.15, 0.2) is 0 Å². The Hall–Kier alpha value is -0.290. The van der Waals surface area contributed by atoms with Gasteiger partial charge in [0.25, 0.3) is 0 Å². The topological polar surface area (TPSA) is 17.0 Å². The lowest BCUT2D eigenvalue weighted by Crippen LogP contribution is -2.28. The molecular weight excluding hydrogens is 287 g/mol. The smallest absolute Gasteiger partial charge is 0.0643 e. The van der Waals surface area contributed by atoms with Gasteiger partial charge in [-0.1, -0.05) is 12.2 Å². The lowest BCUT2D eigenvalue weighted by atomic mass is 10.1. The van der Waals surface area contributed by atoms with E-state index in [-0.39, 0.29) is 0 Å². The molecule has 0 aromatic carbocycles. The number of fused-ring (bicyclic) bond motifs is 1. The maximum absolute atomic E-state index is 3.42. The third-order valence-corrected chi connectivity index (χ3v) is 3.91. The summed E-state index contributed by atoms with van der Waals surface area (Å²) in [4.78, 5) is 0. The van der Waals surface area contributed by atoms with Gasteiger partial charge in [0.05, 0.1) is 28.2 Å². The van der Waals surface area contributed by atoms with Crippen LogP contribution < -0.4 is 15.9 Å². The van der Waals surface area contributed by atoms with Crippen LogP contribution in [0.3, 0.4) is 0 Å². The van der Waals surface area contributed by atoms with Crippen molar-refractivity contribution in [1.29, 1.82) is 0 Å². The summed E-state index contributed by atoms with van der Waals surface area (Å²) in [6.07, 6.45) is 5.58. The van der Waals surface area contributed by atoms with E-state index in [0.29, 0.717) is 0 Å². The SMILES string of the molecule is C/C=c1/c2c(n(I)/c1=C/C)CNCC2. The molecule has 0 saturated heterocycles. The molecule has 0 amide bonds. The van der Waals surface area contributed by atoms with Gasteiger partial charge in [-0.25, -0.2) is 0 Å². The molecule has 2 heterocycles. The molecule has 0 aliphatic carbocycles. The van der Waals surface area contributed by atoms with Crippen molar-refractivity contribution < 1.29 is 0 Å². The number of hydrogen-bond acceptors (Lipinski definition) is 1. The lowest BCUT2D eigenvalue weighted by molar-refractivity contribution is 0.631. The Bertz CT molecular complexity index is 457. The fourth-order valence-electron chi connectivity index (χ4n) is 2.15. The Kier molecular flexibility index (Phi) is 2.97. The number of rotatable bonds is 0. The summed E-state index contributed by atoms with van der Waals surface area (Å²) < 4.78 is 2.29. The van der Waals surface area contributed by atoms with Crippen molar-refractivity contribution in [3.05, 3.63) is 21.8 Å². The van der Waals surface area contributed by atoms with Crippen molar-refractivity contribution >= 4 is 35.0 Å². The molecule has 2 nitrogen and oxygen atoms in total. The van der Waals surface area contributed by atoms with Crippen LogP contribution in [-0.2, 0) is 13.0 Å². The molecule has 76 valence electrons. The molecule has 0 unspecified atom stereocenters. The van der Waals surface area contributed by atoms with E-state index in [2.05, 4.69) is 57.0 Å². The third-order valence-electron chi connectivity index (χ3n) is 2.80. The van der Waals surface area contributed by atoms with Crippen LogP contribution in [0.5, 0.6) is 0 Å². The minimum absolute atomic E-state index is 1.01. The second-order valence-electron chi connectivity index (χ2n) is 3.51. The highest BCUT2D eigenvalue weighted by atomic mass is 127. The zero-order chi connectivity index (χ0) is 10.1. The Morgan fingerprint density at radius 3 is 2.79 bits per heavy atom. The predicted molar refractivity (Wildman–Crippen MR) is 68.8 cm³/mol. The lowest BCUT2D eigenvalue weighted by Gasteiger charge is -2.13.